The van der Waals surface area contributed by atoms with Crippen LogP contribution in [0.25, 0.3) is 0 Å². The number of allylic oxidation sites excluding steroid dienone is 2. The number of aliphatic hydroxyl groups excluding tert-OH is 1. The fraction of sp³-hybridized carbons (Fsp3) is 0.333. The molecule has 1 aromatic rings. The zero-order valence-electron chi connectivity index (χ0n) is 11.5. The van der Waals surface area contributed by atoms with Crippen LogP contribution in [0.4, 0.5) is 0 Å². The van der Waals surface area contributed by atoms with Crippen molar-refractivity contribution in [1.82, 2.24) is 5.43 Å². The van der Waals surface area contributed by atoms with Crippen LogP contribution in [-0.2, 0) is 0 Å². The summed E-state index contributed by atoms with van der Waals surface area (Å²) in [5.41, 5.74) is 5.24. The van der Waals surface area contributed by atoms with Crippen LogP contribution in [0.15, 0.2) is 54.4 Å². The number of ether oxygens (including phenoxy) is 1. The van der Waals surface area contributed by atoms with E-state index in [1.807, 2.05) is 50.4 Å². The highest BCUT2D eigenvalue weighted by Crippen LogP contribution is 2.21. The van der Waals surface area contributed by atoms with E-state index in [1.54, 1.807) is 0 Å². The monoisotopic (exact) mass is 261 g/mol. The van der Waals surface area contributed by atoms with Gasteiger partial charge in [0.15, 0.2) is 0 Å². The molecule has 1 unspecified atom stereocenters. The zero-order valence-corrected chi connectivity index (χ0v) is 11.5. The van der Waals surface area contributed by atoms with Gasteiger partial charge in [0.25, 0.3) is 0 Å². The lowest BCUT2D eigenvalue weighted by atomic mass is 10.3. The number of likely N-dealkylation sites (N-methyl/N-ethyl adjacent to an activating group) is 1. The Morgan fingerprint density at radius 1 is 1.37 bits per heavy atom. The van der Waals surface area contributed by atoms with Crippen molar-refractivity contribution in [2.45, 2.75) is 13.0 Å². The molecule has 1 aromatic carbocycles. The summed E-state index contributed by atoms with van der Waals surface area (Å²) in [6.07, 6.45) is 1.44. The molecule has 2 N–H and O–H groups in total. The first-order valence-electron chi connectivity index (χ1n) is 6.37. The van der Waals surface area contributed by atoms with Crippen LogP contribution in [0.3, 0.4) is 0 Å². The van der Waals surface area contributed by atoms with E-state index in [2.05, 4.69) is 12.0 Å². The molecular weight excluding hydrogens is 240 g/mol. The molecule has 0 spiro atoms. The molecule has 0 fully saturated rings. The molecule has 0 bridgehead atoms. The SMILES string of the molecule is C=C1C=C(C)[N+](C)(C[C@@H](O)COc2ccccc2)N1. The Morgan fingerprint density at radius 3 is 2.63 bits per heavy atom. The van der Waals surface area contributed by atoms with E-state index in [-0.39, 0.29) is 6.61 Å². The maximum absolute atomic E-state index is 10.1. The second-order valence-corrected chi connectivity index (χ2v) is 5.07. The van der Waals surface area contributed by atoms with Crippen molar-refractivity contribution in [2.75, 3.05) is 20.2 Å². The Kier molecular flexibility index (Phi) is 3.93. The highest BCUT2D eigenvalue weighted by Gasteiger charge is 2.33. The molecule has 0 aromatic heterocycles. The molecule has 102 valence electrons. The van der Waals surface area contributed by atoms with Gasteiger partial charge in [0, 0.05) is 13.0 Å². The van der Waals surface area contributed by atoms with Gasteiger partial charge in [-0.05, 0) is 12.1 Å². The predicted octanol–water partition coefficient (Wildman–Crippen LogP) is 1.81. The Hall–Kier alpha value is -1.78. The molecule has 1 aliphatic rings. The molecule has 4 heteroatoms. The van der Waals surface area contributed by atoms with Gasteiger partial charge >= 0.3 is 0 Å². The molecule has 0 saturated carbocycles. The van der Waals surface area contributed by atoms with E-state index in [0.29, 0.717) is 11.1 Å². The third-order valence-electron chi connectivity index (χ3n) is 3.31. The summed E-state index contributed by atoms with van der Waals surface area (Å²) < 4.78 is 6.03. The van der Waals surface area contributed by atoms with Crippen LogP contribution < -0.4 is 10.2 Å². The third kappa shape index (κ3) is 3.36. The van der Waals surface area contributed by atoms with E-state index in [0.717, 1.165) is 17.1 Å². The number of hydrogen-bond acceptors (Lipinski definition) is 3. The van der Waals surface area contributed by atoms with E-state index >= 15 is 0 Å². The van der Waals surface area contributed by atoms with E-state index in [1.165, 1.54) is 0 Å². The van der Waals surface area contributed by atoms with Gasteiger partial charge < -0.3 is 9.84 Å². The lowest BCUT2D eigenvalue weighted by Gasteiger charge is -2.31. The van der Waals surface area contributed by atoms with Crippen molar-refractivity contribution in [3.63, 3.8) is 0 Å². The summed E-state index contributed by atoms with van der Waals surface area (Å²) in [7, 11) is 2.01. The van der Waals surface area contributed by atoms with Gasteiger partial charge in [-0.3, -0.25) is 0 Å². The van der Waals surface area contributed by atoms with Crippen LogP contribution >= 0.6 is 0 Å². The minimum absolute atomic E-state index is 0.277. The number of hydrogen-bond donors (Lipinski definition) is 2. The van der Waals surface area contributed by atoms with E-state index in [9.17, 15) is 5.11 Å². The molecule has 2 atom stereocenters. The molecule has 2 rings (SSSR count). The molecule has 0 aliphatic carbocycles. The van der Waals surface area contributed by atoms with Crippen LogP contribution in [0, 0.1) is 0 Å². The van der Waals surface area contributed by atoms with Crippen LogP contribution in [-0.4, -0.2) is 36.0 Å². The number of para-hydroxylation sites is 1. The Morgan fingerprint density at radius 2 is 2.05 bits per heavy atom. The molecular formula is C15H21N2O2+. The van der Waals surface area contributed by atoms with E-state index in [4.69, 9.17) is 4.74 Å². The maximum atomic E-state index is 10.1. The number of quaternary nitrogens is 1. The van der Waals surface area contributed by atoms with Crippen molar-refractivity contribution < 1.29 is 14.4 Å². The van der Waals surface area contributed by atoms with Gasteiger partial charge in [0.2, 0.25) is 0 Å². The lowest BCUT2D eigenvalue weighted by molar-refractivity contribution is -0.910. The maximum Gasteiger partial charge on any atom is 0.139 e. The second kappa shape index (κ2) is 5.47. The minimum Gasteiger partial charge on any atom is -0.491 e. The minimum atomic E-state index is -0.549. The lowest BCUT2D eigenvalue weighted by Crippen LogP contribution is -2.53. The number of benzene rings is 1. The van der Waals surface area contributed by atoms with Gasteiger partial charge in [0.1, 0.15) is 30.7 Å². The Balaban J connectivity index is 1.87. The van der Waals surface area contributed by atoms with Crippen molar-refractivity contribution in [3.05, 3.63) is 54.4 Å². The fourth-order valence-electron chi connectivity index (χ4n) is 2.21. The quantitative estimate of drug-likeness (QED) is 0.794. The summed E-state index contributed by atoms with van der Waals surface area (Å²) in [6.45, 7) is 6.72. The molecule has 19 heavy (non-hydrogen) atoms. The predicted molar refractivity (Wildman–Crippen MR) is 75.0 cm³/mol. The summed E-state index contributed by atoms with van der Waals surface area (Å²) in [4.78, 5) is 0. The smallest absolute Gasteiger partial charge is 0.139 e. The standard InChI is InChI=1S/C15H21N2O2/c1-12-9-13(2)17(3,16-12)10-14(18)11-19-15-7-5-4-6-8-15/h4-9,14,16,18H,1,10-11H2,2-3H3/q+1/t14-,17?/m1/s1. The number of aliphatic hydroxyl groups is 1. The first-order chi connectivity index (χ1) is 8.99. The van der Waals surface area contributed by atoms with Gasteiger partial charge in [-0.1, -0.05) is 24.8 Å². The zero-order chi connectivity index (χ0) is 13.9. The topological polar surface area (TPSA) is 41.5 Å². The Bertz CT molecular complexity index is 484. The normalized spacial score (nSPS) is 23.7. The molecule has 0 amide bonds. The highest BCUT2D eigenvalue weighted by molar-refractivity contribution is 5.21. The summed E-state index contributed by atoms with van der Waals surface area (Å²) >= 11 is 0. The summed E-state index contributed by atoms with van der Waals surface area (Å²) in [6, 6.07) is 9.51. The van der Waals surface area contributed by atoms with Crippen molar-refractivity contribution in [3.8, 4) is 5.75 Å². The van der Waals surface area contributed by atoms with Crippen molar-refractivity contribution in [1.29, 1.82) is 0 Å². The van der Waals surface area contributed by atoms with Gasteiger partial charge in [-0.2, -0.15) is 4.59 Å². The molecule has 0 saturated heterocycles. The number of rotatable bonds is 5. The van der Waals surface area contributed by atoms with Crippen molar-refractivity contribution in [2.24, 2.45) is 0 Å². The first kappa shape index (κ1) is 13.6. The Labute approximate surface area is 114 Å². The second-order valence-electron chi connectivity index (χ2n) is 5.07. The van der Waals surface area contributed by atoms with Crippen LogP contribution in [0.1, 0.15) is 6.92 Å². The molecule has 1 aliphatic heterocycles. The molecule has 4 nitrogen and oxygen atoms in total. The number of nitrogens with zero attached hydrogens (tertiary/aromatic N) is 1. The van der Waals surface area contributed by atoms with Crippen LogP contribution in [0.2, 0.25) is 0 Å². The average molecular weight is 261 g/mol. The molecule has 0 radical (unpaired) electrons. The largest absolute Gasteiger partial charge is 0.491 e. The van der Waals surface area contributed by atoms with Gasteiger partial charge in [-0.15, -0.1) is 0 Å². The van der Waals surface area contributed by atoms with Gasteiger partial charge in [0.05, 0.1) is 12.7 Å². The van der Waals surface area contributed by atoms with Crippen LogP contribution in [0.5, 0.6) is 5.75 Å². The van der Waals surface area contributed by atoms with Crippen molar-refractivity contribution >= 4 is 0 Å². The van der Waals surface area contributed by atoms with Gasteiger partial charge in [-0.25, -0.2) is 5.43 Å². The van der Waals surface area contributed by atoms with E-state index < -0.39 is 6.10 Å². The summed E-state index contributed by atoms with van der Waals surface area (Å²) in [5.74, 6) is 0.773. The average Bonchev–Trinajstić information content (AvgIpc) is 2.61. The fourth-order valence-corrected chi connectivity index (χ4v) is 2.21. The first-order valence-corrected chi connectivity index (χ1v) is 6.37. The highest BCUT2D eigenvalue weighted by atomic mass is 16.5. The summed E-state index contributed by atoms with van der Waals surface area (Å²) in [5, 5.41) is 10.1. The number of nitrogens with one attached hydrogen (secondary N) is 1. The third-order valence-corrected chi connectivity index (χ3v) is 3.31. The molecule has 1 heterocycles.